The second-order valence-corrected chi connectivity index (χ2v) is 7.77. The molecule has 0 spiro atoms. The van der Waals surface area contributed by atoms with Crippen molar-refractivity contribution in [3.8, 4) is 11.3 Å². The minimum absolute atomic E-state index is 0.350. The van der Waals surface area contributed by atoms with E-state index in [-0.39, 0.29) is 0 Å². The van der Waals surface area contributed by atoms with Crippen LogP contribution in [0.4, 0.5) is 4.79 Å². The third-order valence-corrected chi connectivity index (χ3v) is 5.05. The maximum Gasteiger partial charge on any atom is 0.321 e. The molecule has 1 heterocycles. The fraction of sp³-hybridized carbons (Fsp3) is 0.182. The van der Waals surface area contributed by atoms with E-state index in [4.69, 9.17) is 0 Å². The van der Waals surface area contributed by atoms with Gasteiger partial charge in [0.25, 0.3) is 0 Å². The van der Waals surface area contributed by atoms with Gasteiger partial charge in [-0.15, -0.1) is 0 Å². The van der Waals surface area contributed by atoms with Crippen molar-refractivity contribution in [2.24, 2.45) is 0 Å². The summed E-state index contributed by atoms with van der Waals surface area (Å²) in [4.78, 5) is 33.3. The number of carbonyl (C=O) groups excluding carboxylic acids is 2. The van der Waals surface area contributed by atoms with Gasteiger partial charge in [0.1, 0.15) is 0 Å². The maximum atomic E-state index is 12.4. The molecule has 1 aromatic heterocycles. The summed E-state index contributed by atoms with van der Waals surface area (Å²) in [5.41, 5.74) is 3.56. The third kappa shape index (κ3) is 6.15. The highest BCUT2D eigenvalue weighted by Gasteiger charge is 2.19. The molecular weight excluding hydrogens is 384 g/mol. The highest BCUT2D eigenvalue weighted by molar-refractivity contribution is 8.00. The Morgan fingerprint density at radius 3 is 2.34 bits per heavy atom. The Bertz CT molecular complexity index is 981. The number of benzene rings is 2. The zero-order chi connectivity index (χ0) is 20.6. The van der Waals surface area contributed by atoms with E-state index in [2.05, 4.69) is 20.6 Å². The first-order chi connectivity index (χ1) is 14.0. The van der Waals surface area contributed by atoms with Gasteiger partial charge in [-0.1, -0.05) is 72.4 Å². The maximum absolute atomic E-state index is 12.4. The minimum atomic E-state index is -0.526. The number of thioether (sulfide) groups is 1. The van der Waals surface area contributed by atoms with Crippen molar-refractivity contribution in [1.82, 2.24) is 20.6 Å². The number of hydrogen-bond donors (Lipinski definition) is 2. The molecule has 0 aliphatic rings. The summed E-state index contributed by atoms with van der Waals surface area (Å²) in [6.45, 7) is 3.96. The molecule has 3 amide bonds. The molecule has 2 aromatic carbocycles. The topological polar surface area (TPSA) is 84.0 Å². The summed E-state index contributed by atoms with van der Waals surface area (Å²) in [6.07, 6.45) is 0. The lowest BCUT2D eigenvalue weighted by Crippen LogP contribution is -2.42. The smallest absolute Gasteiger partial charge is 0.321 e. The summed E-state index contributed by atoms with van der Waals surface area (Å²) >= 11 is 1.22. The number of rotatable bonds is 6. The SMILES string of the molecule is Cc1cc(-c2ccccc2)nc(SC(C)C(=O)NC(=O)NCc2ccccc2)n1. The van der Waals surface area contributed by atoms with Crippen LogP contribution in [0.1, 0.15) is 18.2 Å². The van der Waals surface area contributed by atoms with Crippen LogP contribution in [0.3, 0.4) is 0 Å². The predicted octanol–water partition coefficient (Wildman–Crippen LogP) is 3.96. The fourth-order valence-corrected chi connectivity index (χ4v) is 3.43. The molecule has 2 N–H and O–H groups in total. The number of nitrogens with one attached hydrogen (secondary N) is 2. The summed E-state index contributed by atoms with van der Waals surface area (Å²) in [5.74, 6) is -0.396. The van der Waals surface area contributed by atoms with E-state index < -0.39 is 17.2 Å². The van der Waals surface area contributed by atoms with Crippen LogP contribution in [0.25, 0.3) is 11.3 Å². The first kappa shape index (κ1) is 20.5. The number of nitrogens with zero attached hydrogens (tertiary/aromatic N) is 2. The van der Waals surface area contributed by atoms with Crippen molar-refractivity contribution in [3.05, 3.63) is 78.0 Å². The number of amides is 3. The Balaban J connectivity index is 1.58. The van der Waals surface area contributed by atoms with Gasteiger partial charge < -0.3 is 5.32 Å². The van der Waals surface area contributed by atoms with Crippen LogP contribution in [-0.2, 0) is 11.3 Å². The number of imide groups is 1. The van der Waals surface area contributed by atoms with Crippen LogP contribution in [0, 0.1) is 6.92 Å². The molecule has 1 atom stereocenters. The molecule has 1 unspecified atom stereocenters. The molecule has 6 nitrogen and oxygen atoms in total. The van der Waals surface area contributed by atoms with Gasteiger partial charge in [-0.25, -0.2) is 14.8 Å². The van der Waals surface area contributed by atoms with Gasteiger partial charge in [0.15, 0.2) is 5.16 Å². The molecule has 0 radical (unpaired) electrons. The molecule has 0 saturated heterocycles. The molecule has 0 fully saturated rings. The monoisotopic (exact) mass is 406 g/mol. The van der Waals surface area contributed by atoms with Crippen molar-refractivity contribution >= 4 is 23.7 Å². The quantitative estimate of drug-likeness (QED) is 0.478. The normalized spacial score (nSPS) is 11.5. The van der Waals surface area contributed by atoms with Gasteiger partial charge in [0.2, 0.25) is 5.91 Å². The summed E-state index contributed by atoms with van der Waals surface area (Å²) in [5, 5.41) is 5.01. The summed E-state index contributed by atoms with van der Waals surface area (Å²) in [7, 11) is 0. The Morgan fingerprint density at radius 2 is 1.66 bits per heavy atom. The predicted molar refractivity (Wildman–Crippen MR) is 114 cm³/mol. The first-order valence-electron chi connectivity index (χ1n) is 9.21. The van der Waals surface area contributed by atoms with Crippen LogP contribution in [-0.4, -0.2) is 27.2 Å². The van der Waals surface area contributed by atoms with Gasteiger partial charge in [-0.3, -0.25) is 10.1 Å². The van der Waals surface area contributed by atoms with Crippen LogP contribution in [0.5, 0.6) is 0 Å². The van der Waals surface area contributed by atoms with Gasteiger partial charge >= 0.3 is 6.03 Å². The number of aryl methyl sites for hydroxylation is 1. The molecule has 148 valence electrons. The van der Waals surface area contributed by atoms with Crippen LogP contribution in [0.15, 0.2) is 71.9 Å². The lowest BCUT2D eigenvalue weighted by atomic mass is 10.1. The summed E-state index contributed by atoms with van der Waals surface area (Å²) < 4.78 is 0. The van der Waals surface area contributed by atoms with Gasteiger partial charge in [0, 0.05) is 17.8 Å². The van der Waals surface area contributed by atoms with Crippen molar-refractivity contribution in [1.29, 1.82) is 0 Å². The van der Waals surface area contributed by atoms with E-state index in [1.807, 2.05) is 73.7 Å². The molecular formula is C22H22N4O2S. The molecule has 7 heteroatoms. The molecule has 0 aliphatic heterocycles. The number of aromatic nitrogens is 2. The highest BCUT2D eigenvalue weighted by Crippen LogP contribution is 2.24. The largest absolute Gasteiger partial charge is 0.334 e. The minimum Gasteiger partial charge on any atom is -0.334 e. The van der Waals surface area contributed by atoms with Crippen molar-refractivity contribution in [2.45, 2.75) is 30.8 Å². The van der Waals surface area contributed by atoms with Gasteiger partial charge in [-0.2, -0.15) is 0 Å². The van der Waals surface area contributed by atoms with Crippen LogP contribution >= 0.6 is 11.8 Å². The molecule has 0 bridgehead atoms. The van der Waals surface area contributed by atoms with E-state index in [0.29, 0.717) is 11.7 Å². The number of hydrogen-bond acceptors (Lipinski definition) is 5. The standard InChI is InChI=1S/C22H22N4O2S/c1-15-13-19(18-11-7-4-8-12-18)25-22(24-15)29-16(2)20(27)26-21(28)23-14-17-9-5-3-6-10-17/h3-13,16H,14H2,1-2H3,(H2,23,26,27,28). The van der Waals surface area contributed by atoms with Crippen molar-refractivity contribution in [2.75, 3.05) is 0 Å². The zero-order valence-electron chi connectivity index (χ0n) is 16.3. The van der Waals surface area contributed by atoms with E-state index in [1.54, 1.807) is 6.92 Å². The number of carbonyl (C=O) groups is 2. The van der Waals surface area contributed by atoms with E-state index in [9.17, 15) is 9.59 Å². The highest BCUT2D eigenvalue weighted by atomic mass is 32.2. The zero-order valence-corrected chi connectivity index (χ0v) is 17.1. The van der Waals surface area contributed by atoms with E-state index >= 15 is 0 Å². The van der Waals surface area contributed by atoms with Crippen LogP contribution in [0.2, 0.25) is 0 Å². The number of urea groups is 1. The Kier molecular flexibility index (Phi) is 6.97. The lowest BCUT2D eigenvalue weighted by Gasteiger charge is -2.12. The van der Waals surface area contributed by atoms with Crippen molar-refractivity contribution < 1.29 is 9.59 Å². The fourth-order valence-electron chi connectivity index (χ4n) is 2.60. The van der Waals surface area contributed by atoms with Gasteiger partial charge in [0.05, 0.1) is 10.9 Å². The van der Waals surface area contributed by atoms with E-state index in [1.165, 1.54) is 11.8 Å². The molecule has 0 saturated carbocycles. The summed E-state index contributed by atoms with van der Waals surface area (Å²) in [6, 6.07) is 20.7. The molecule has 29 heavy (non-hydrogen) atoms. The second-order valence-electron chi connectivity index (χ2n) is 6.46. The Morgan fingerprint density at radius 1 is 1.00 bits per heavy atom. The molecule has 3 aromatic rings. The first-order valence-corrected chi connectivity index (χ1v) is 10.1. The Labute approximate surface area is 174 Å². The molecule has 3 rings (SSSR count). The van der Waals surface area contributed by atoms with Gasteiger partial charge in [-0.05, 0) is 25.5 Å². The van der Waals surface area contributed by atoms with Crippen LogP contribution < -0.4 is 10.6 Å². The Hall–Kier alpha value is -3.19. The average Bonchev–Trinajstić information content (AvgIpc) is 2.73. The van der Waals surface area contributed by atoms with E-state index in [0.717, 1.165) is 22.5 Å². The third-order valence-electron chi connectivity index (χ3n) is 4.09. The van der Waals surface area contributed by atoms with Crippen molar-refractivity contribution in [3.63, 3.8) is 0 Å². The average molecular weight is 407 g/mol. The molecule has 0 aliphatic carbocycles. The second kappa shape index (κ2) is 9.84. The lowest BCUT2D eigenvalue weighted by molar-refractivity contribution is -0.119.